The lowest BCUT2D eigenvalue weighted by Gasteiger charge is -2.35. The van der Waals surface area contributed by atoms with E-state index in [0.717, 1.165) is 45.5 Å². The van der Waals surface area contributed by atoms with Crippen LogP contribution in [-0.2, 0) is 24.9 Å². The molecular formula is C34H41N3O4. The van der Waals surface area contributed by atoms with Gasteiger partial charge in [0.25, 0.3) is 5.91 Å². The number of likely N-dealkylation sites (N-methyl/N-ethyl adjacent to an activating group) is 1. The van der Waals surface area contributed by atoms with Crippen molar-refractivity contribution in [1.29, 1.82) is 0 Å². The van der Waals surface area contributed by atoms with Gasteiger partial charge >= 0.3 is 0 Å². The van der Waals surface area contributed by atoms with Crippen LogP contribution in [0.2, 0.25) is 0 Å². The average molecular weight is 556 g/mol. The zero-order chi connectivity index (χ0) is 29.1. The minimum absolute atomic E-state index is 0.0177. The fourth-order valence-corrected chi connectivity index (χ4v) is 5.98. The molecule has 4 aromatic rings. The Hall–Kier alpha value is -3.65. The number of aliphatic hydroxyl groups excluding tert-OH is 1. The summed E-state index contributed by atoms with van der Waals surface area (Å²) in [7, 11) is 5.73. The number of aromatic nitrogens is 1. The van der Waals surface area contributed by atoms with Crippen LogP contribution < -0.4 is 4.74 Å². The minimum Gasteiger partial charge on any atom is -0.497 e. The van der Waals surface area contributed by atoms with E-state index in [1.807, 2.05) is 59.8 Å². The van der Waals surface area contributed by atoms with E-state index in [4.69, 9.17) is 9.47 Å². The fraction of sp³-hybridized carbons (Fsp3) is 0.382. The van der Waals surface area contributed by atoms with Gasteiger partial charge in [0, 0.05) is 49.1 Å². The molecule has 0 spiro atoms. The molecule has 1 aliphatic heterocycles. The number of carbonyl (C=O) groups excluding carboxylic acids is 1. The highest BCUT2D eigenvalue weighted by molar-refractivity contribution is 6.10. The molecule has 1 amide bonds. The molecule has 7 nitrogen and oxygen atoms in total. The maximum absolute atomic E-state index is 14.5. The van der Waals surface area contributed by atoms with Crippen LogP contribution in [0.15, 0.2) is 72.8 Å². The molecule has 1 N–H and O–H groups in total. The van der Waals surface area contributed by atoms with Crippen molar-refractivity contribution in [2.24, 2.45) is 13.0 Å². The molecule has 0 unspecified atom stereocenters. The van der Waals surface area contributed by atoms with Crippen LogP contribution >= 0.6 is 0 Å². The molecule has 2 heterocycles. The second-order valence-corrected chi connectivity index (χ2v) is 11.3. The lowest BCUT2D eigenvalue weighted by molar-refractivity contribution is -0.0242. The maximum atomic E-state index is 14.5. The highest BCUT2D eigenvalue weighted by Gasteiger charge is 2.33. The van der Waals surface area contributed by atoms with Gasteiger partial charge < -0.3 is 24.0 Å². The summed E-state index contributed by atoms with van der Waals surface area (Å²) in [6.07, 6.45) is -0.141. The van der Waals surface area contributed by atoms with Crippen molar-refractivity contribution in [1.82, 2.24) is 14.4 Å². The third-order valence-corrected chi connectivity index (χ3v) is 8.30. The van der Waals surface area contributed by atoms with E-state index in [2.05, 4.69) is 55.3 Å². The van der Waals surface area contributed by atoms with Gasteiger partial charge in [0.15, 0.2) is 0 Å². The third kappa shape index (κ3) is 5.89. The van der Waals surface area contributed by atoms with E-state index in [9.17, 15) is 9.90 Å². The van der Waals surface area contributed by atoms with E-state index in [1.165, 1.54) is 0 Å². The number of benzene rings is 3. The smallest absolute Gasteiger partial charge is 0.271 e. The summed E-state index contributed by atoms with van der Waals surface area (Å²) in [6, 6.07) is 24.1. The highest BCUT2D eigenvalue weighted by atomic mass is 16.5. The summed E-state index contributed by atoms with van der Waals surface area (Å²) in [5.74, 6) is 0.780. The second kappa shape index (κ2) is 12.5. The van der Waals surface area contributed by atoms with Gasteiger partial charge in [0.2, 0.25) is 0 Å². The molecule has 0 aliphatic carbocycles. The fourth-order valence-electron chi connectivity index (χ4n) is 5.98. The topological polar surface area (TPSA) is 67.2 Å². The zero-order valence-electron chi connectivity index (χ0n) is 24.7. The first-order chi connectivity index (χ1) is 19.8. The number of ether oxygens (including phenoxy) is 2. The highest BCUT2D eigenvalue weighted by Crippen LogP contribution is 2.38. The lowest BCUT2D eigenvalue weighted by Crippen LogP contribution is -2.47. The summed E-state index contributed by atoms with van der Waals surface area (Å²) in [5.41, 5.74) is 5.77. The summed E-state index contributed by atoms with van der Waals surface area (Å²) in [5, 5.41) is 11.2. The van der Waals surface area contributed by atoms with Crippen molar-refractivity contribution in [2.75, 3.05) is 33.9 Å². The van der Waals surface area contributed by atoms with Crippen LogP contribution in [0.3, 0.4) is 0 Å². The van der Waals surface area contributed by atoms with E-state index in [-0.39, 0.29) is 30.6 Å². The molecule has 5 rings (SSSR count). The van der Waals surface area contributed by atoms with Crippen molar-refractivity contribution in [2.45, 2.75) is 39.1 Å². The van der Waals surface area contributed by atoms with Crippen molar-refractivity contribution < 1.29 is 19.4 Å². The number of hydrogen-bond acceptors (Lipinski definition) is 5. The Labute approximate surface area is 242 Å². The van der Waals surface area contributed by atoms with Gasteiger partial charge in [-0.05, 0) is 48.9 Å². The van der Waals surface area contributed by atoms with Crippen LogP contribution in [0, 0.1) is 5.92 Å². The van der Waals surface area contributed by atoms with Gasteiger partial charge in [0.1, 0.15) is 11.4 Å². The number of fused-ring (bicyclic) bond motifs is 5. The summed E-state index contributed by atoms with van der Waals surface area (Å²) < 4.78 is 14.1. The number of nitrogens with zero attached hydrogens (tertiary/aromatic N) is 3. The first kappa shape index (κ1) is 28.9. The predicted octanol–water partition coefficient (Wildman–Crippen LogP) is 5.34. The molecule has 7 heteroatoms. The number of aliphatic hydroxyl groups is 1. The zero-order valence-corrected chi connectivity index (χ0v) is 24.7. The maximum Gasteiger partial charge on any atom is 0.271 e. The van der Waals surface area contributed by atoms with Crippen molar-refractivity contribution in [3.8, 4) is 16.9 Å². The molecule has 216 valence electrons. The Morgan fingerprint density at radius 1 is 1.10 bits per heavy atom. The van der Waals surface area contributed by atoms with E-state index in [0.29, 0.717) is 25.4 Å². The van der Waals surface area contributed by atoms with E-state index in [1.54, 1.807) is 7.11 Å². The van der Waals surface area contributed by atoms with Crippen molar-refractivity contribution in [3.05, 3.63) is 89.6 Å². The van der Waals surface area contributed by atoms with Gasteiger partial charge in [-0.2, -0.15) is 0 Å². The van der Waals surface area contributed by atoms with Gasteiger partial charge in [-0.1, -0.05) is 61.5 Å². The number of amides is 1. The Morgan fingerprint density at radius 2 is 1.85 bits per heavy atom. The summed E-state index contributed by atoms with van der Waals surface area (Å²) in [6.45, 7) is 6.26. The van der Waals surface area contributed by atoms with Crippen LogP contribution in [0.4, 0.5) is 0 Å². The lowest BCUT2D eigenvalue weighted by atomic mass is 9.96. The molecule has 0 bridgehead atoms. The first-order valence-corrected chi connectivity index (χ1v) is 14.3. The number of para-hydroxylation sites is 1. The number of aryl methyl sites for hydroxylation is 1. The van der Waals surface area contributed by atoms with Gasteiger partial charge in [-0.25, -0.2) is 0 Å². The summed E-state index contributed by atoms with van der Waals surface area (Å²) >= 11 is 0. The molecule has 0 saturated heterocycles. The normalized spacial score (nSPS) is 18.6. The Bertz CT molecular complexity index is 1510. The predicted molar refractivity (Wildman–Crippen MR) is 163 cm³/mol. The van der Waals surface area contributed by atoms with Crippen LogP contribution in [-0.4, -0.2) is 71.4 Å². The standard InChI is InChI=1S/C34H41N3O4/c1-23-18-37(24(2)21-38)34(39)33-32(29-15-8-9-16-30(29)36(33)4)28-14-7-6-12-26(28)22-41-31(23)20-35(3)19-25-11-10-13-27(17-25)40-5/h6-17,23-24,31,38H,18-22H2,1-5H3/t23-,24-,31+/m1/s1. The van der Waals surface area contributed by atoms with E-state index < -0.39 is 0 Å². The number of rotatable bonds is 7. The van der Waals surface area contributed by atoms with Gasteiger partial charge in [-0.15, -0.1) is 0 Å². The number of methoxy groups -OCH3 is 1. The molecule has 41 heavy (non-hydrogen) atoms. The monoisotopic (exact) mass is 555 g/mol. The SMILES string of the molecule is COc1cccc(CN(C)C[C@@H]2OCc3ccccc3-c3c(n(C)c4ccccc34)C(=O)N([C@H](C)CO)C[C@H]2C)c1. The first-order valence-electron chi connectivity index (χ1n) is 14.3. The second-order valence-electron chi connectivity index (χ2n) is 11.3. The van der Waals surface area contributed by atoms with Crippen molar-refractivity contribution >= 4 is 16.8 Å². The molecular weight excluding hydrogens is 514 g/mol. The van der Waals surface area contributed by atoms with Crippen LogP contribution in [0.25, 0.3) is 22.0 Å². The molecule has 0 radical (unpaired) electrons. The average Bonchev–Trinajstić information content (AvgIpc) is 3.28. The Morgan fingerprint density at radius 3 is 2.63 bits per heavy atom. The quantitative estimate of drug-likeness (QED) is 0.333. The summed E-state index contributed by atoms with van der Waals surface area (Å²) in [4.78, 5) is 18.6. The van der Waals surface area contributed by atoms with Crippen LogP contribution in [0.1, 0.15) is 35.5 Å². The molecule has 0 saturated carbocycles. The van der Waals surface area contributed by atoms with Crippen molar-refractivity contribution in [3.63, 3.8) is 0 Å². The van der Waals surface area contributed by atoms with E-state index >= 15 is 0 Å². The largest absolute Gasteiger partial charge is 0.497 e. The van der Waals surface area contributed by atoms with Crippen LogP contribution in [0.5, 0.6) is 5.75 Å². The van der Waals surface area contributed by atoms with Gasteiger partial charge in [0.05, 0.1) is 32.5 Å². The Kier molecular flexibility index (Phi) is 8.78. The molecule has 3 atom stereocenters. The Balaban J connectivity index is 1.55. The third-order valence-electron chi connectivity index (χ3n) is 8.30. The molecule has 3 aromatic carbocycles. The minimum atomic E-state index is -0.345. The molecule has 1 aliphatic rings. The number of carbonyl (C=O) groups is 1. The van der Waals surface area contributed by atoms with Gasteiger partial charge in [-0.3, -0.25) is 9.69 Å². The molecule has 0 fully saturated rings. The molecule has 1 aromatic heterocycles. The number of hydrogen-bond donors (Lipinski definition) is 1.